The lowest BCUT2D eigenvalue weighted by Crippen LogP contribution is -2.48. The van der Waals surface area contributed by atoms with E-state index >= 15 is 0 Å². The number of fused-ring (bicyclic) bond motifs is 2. The monoisotopic (exact) mass is 407 g/mol. The molecule has 6 heteroatoms. The molecule has 30 heavy (non-hydrogen) atoms. The van der Waals surface area contributed by atoms with Crippen LogP contribution in [0.3, 0.4) is 0 Å². The Balaban J connectivity index is 1.43. The Kier molecular flexibility index (Phi) is 6.12. The van der Waals surface area contributed by atoms with Crippen LogP contribution in [-0.4, -0.2) is 67.5 Å². The summed E-state index contributed by atoms with van der Waals surface area (Å²) >= 11 is 0. The highest BCUT2D eigenvalue weighted by molar-refractivity contribution is 5.88. The topological polar surface area (TPSA) is 75.2 Å². The van der Waals surface area contributed by atoms with Gasteiger partial charge in [-0.3, -0.25) is 4.79 Å². The molecule has 1 amide bonds. The molecule has 1 fully saturated rings. The van der Waals surface area contributed by atoms with E-state index in [0.717, 1.165) is 32.4 Å². The lowest BCUT2D eigenvalue weighted by atomic mass is 9.71. The number of rotatable bonds is 7. The van der Waals surface area contributed by atoms with E-state index in [-0.39, 0.29) is 5.91 Å². The molecule has 2 N–H and O–H groups in total. The van der Waals surface area contributed by atoms with Crippen molar-refractivity contribution < 1.29 is 4.79 Å². The number of piperidine rings is 1. The molecule has 2 aliphatic rings. The molecule has 0 radical (unpaired) electrons. The lowest BCUT2D eigenvalue weighted by molar-refractivity contribution is -0.124. The van der Waals surface area contributed by atoms with Crippen LogP contribution in [0.4, 0.5) is 0 Å². The van der Waals surface area contributed by atoms with Crippen molar-refractivity contribution >= 4 is 16.8 Å². The molecule has 2 aromatic rings. The maximum atomic E-state index is 12.6. The van der Waals surface area contributed by atoms with Crippen LogP contribution in [0.5, 0.6) is 0 Å². The molecule has 2 unspecified atom stereocenters. The van der Waals surface area contributed by atoms with Gasteiger partial charge in [-0.05, 0) is 76.5 Å². The standard InChI is InChI=1S/C24H33N5O/c1-28(2)9-5-8-26-24(30)17(13-25)10-16-11-20-19-6-4-7-21-23(19)18(14-27-21)12-22(20)29(3)15-16/h4,6-7,14,16-17,20,22,27H,5,8-12,15H2,1-3H3,(H,26,30)/t16-,17?,20?,22-/m1/s1. The number of nitrogens with one attached hydrogen (secondary N) is 2. The number of nitrogens with zero attached hydrogens (tertiary/aromatic N) is 3. The molecular formula is C24H33N5O. The van der Waals surface area contributed by atoms with Gasteiger partial charge in [0.05, 0.1) is 6.07 Å². The number of amides is 1. The number of aromatic amines is 1. The quantitative estimate of drug-likeness (QED) is 0.692. The predicted octanol–water partition coefficient (Wildman–Crippen LogP) is 2.73. The summed E-state index contributed by atoms with van der Waals surface area (Å²) in [6.45, 7) is 2.51. The molecule has 1 saturated heterocycles. The van der Waals surface area contributed by atoms with Crippen LogP contribution in [0.2, 0.25) is 0 Å². The van der Waals surface area contributed by atoms with E-state index < -0.39 is 5.92 Å². The van der Waals surface area contributed by atoms with Crippen molar-refractivity contribution in [1.29, 1.82) is 5.26 Å². The fraction of sp³-hybridized carbons (Fsp3) is 0.583. The molecule has 0 saturated carbocycles. The van der Waals surface area contributed by atoms with Gasteiger partial charge in [-0.1, -0.05) is 12.1 Å². The lowest BCUT2D eigenvalue weighted by Gasteiger charge is -2.46. The van der Waals surface area contributed by atoms with E-state index in [2.05, 4.69) is 57.6 Å². The van der Waals surface area contributed by atoms with Crippen LogP contribution < -0.4 is 5.32 Å². The van der Waals surface area contributed by atoms with Crippen LogP contribution in [0, 0.1) is 23.2 Å². The Bertz CT molecular complexity index is 943. The van der Waals surface area contributed by atoms with Crippen LogP contribution in [0.1, 0.15) is 36.3 Å². The zero-order valence-electron chi connectivity index (χ0n) is 18.3. The third-order valence-corrected chi connectivity index (χ3v) is 6.93. The first-order chi connectivity index (χ1) is 14.5. The van der Waals surface area contributed by atoms with E-state index in [1.807, 2.05) is 14.1 Å². The van der Waals surface area contributed by atoms with Gasteiger partial charge in [0.25, 0.3) is 0 Å². The molecule has 4 atom stereocenters. The van der Waals surface area contributed by atoms with Crippen molar-refractivity contribution in [3.05, 3.63) is 35.5 Å². The second-order valence-electron chi connectivity index (χ2n) is 9.37. The number of nitriles is 1. The summed E-state index contributed by atoms with van der Waals surface area (Å²) in [4.78, 5) is 20.6. The smallest absolute Gasteiger partial charge is 0.237 e. The SMILES string of the molecule is CN(C)CCCNC(=O)C(C#N)C[C@@H]1CC2c3cccc4[nH]cc(c34)C[C@H]2N(C)C1. The third-order valence-electron chi connectivity index (χ3n) is 6.93. The second kappa shape index (κ2) is 8.79. The average Bonchev–Trinajstić information content (AvgIpc) is 3.14. The molecule has 6 nitrogen and oxygen atoms in total. The molecule has 1 aliphatic carbocycles. The van der Waals surface area contributed by atoms with E-state index in [1.54, 1.807) is 0 Å². The molecule has 0 bridgehead atoms. The van der Waals surface area contributed by atoms with Gasteiger partial charge >= 0.3 is 0 Å². The van der Waals surface area contributed by atoms with Crippen molar-refractivity contribution in [2.75, 3.05) is 40.8 Å². The predicted molar refractivity (Wildman–Crippen MR) is 119 cm³/mol. The molecular weight excluding hydrogens is 374 g/mol. The molecule has 2 heterocycles. The summed E-state index contributed by atoms with van der Waals surface area (Å²) in [5, 5.41) is 14.0. The van der Waals surface area contributed by atoms with Gasteiger partial charge in [-0.25, -0.2) is 0 Å². The molecule has 1 aliphatic heterocycles. The molecule has 0 spiro atoms. The van der Waals surface area contributed by atoms with Gasteiger partial charge in [0, 0.05) is 42.1 Å². The van der Waals surface area contributed by atoms with E-state index in [4.69, 9.17) is 0 Å². The first-order valence-corrected chi connectivity index (χ1v) is 11.1. The summed E-state index contributed by atoms with van der Waals surface area (Å²) in [6.07, 6.45) is 5.82. The number of likely N-dealkylation sites (N-methyl/N-ethyl adjacent to an activating group) is 1. The summed E-state index contributed by atoms with van der Waals surface area (Å²) < 4.78 is 0. The fourth-order valence-electron chi connectivity index (χ4n) is 5.51. The first kappa shape index (κ1) is 20.9. The number of benzene rings is 1. The number of H-pyrrole nitrogens is 1. The largest absolute Gasteiger partial charge is 0.361 e. The Hall–Kier alpha value is -2.36. The number of carbonyl (C=O) groups excluding carboxylic acids is 1. The maximum Gasteiger partial charge on any atom is 0.237 e. The van der Waals surface area contributed by atoms with Gasteiger partial charge in [0.15, 0.2) is 0 Å². The number of hydrogen-bond donors (Lipinski definition) is 2. The minimum atomic E-state index is -0.568. The molecule has 4 rings (SSSR count). The van der Waals surface area contributed by atoms with Gasteiger partial charge in [-0.15, -0.1) is 0 Å². The minimum absolute atomic E-state index is 0.111. The van der Waals surface area contributed by atoms with Gasteiger partial charge in [0.1, 0.15) is 5.92 Å². The van der Waals surface area contributed by atoms with Crippen molar-refractivity contribution in [1.82, 2.24) is 20.1 Å². The zero-order valence-corrected chi connectivity index (χ0v) is 18.3. The van der Waals surface area contributed by atoms with Crippen molar-refractivity contribution in [2.45, 2.75) is 37.6 Å². The van der Waals surface area contributed by atoms with Crippen molar-refractivity contribution in [2.24, 2.45) is 11.8 Å². The van der Waals surface area contributed by atoms with Gasteiger partial charge in [0.2, 0.25) is 5.91 Å². The molecule has 1 aromatic heterocycles. The zero-order chi connectivity index (χ0) is 21.3. The van der Waals surface area contributed by atoms with E-state index in [9.17, 15) is 10.1 Å². The summed E-state index contributed by atoms with van der Waals surface area (Å²) in [5.41, 5.74) is 4.06. The summed E-state index contributed by atoms with van der Waals surface area (Å²) in [7, 11) is 6.24. The second-order valence-corrected chi connectivity index (χ2v) is 9.37. The van der Waals surface area contributed by atoms with E-state index in [1.165, 1.54) is 22.0 Å². The van der Waals surface area contributed by atoms with Crippen LogP contribution in [0.25, 0.3) is 10.9 Å². The average molecular weight is 408 g/mol. The molecule has 160 valence electrons. The number of likely N-dealkylation sites (tertiary alicyclic amines) is 1. The van der Waals surface area contributed by atoms with Crippen LogP contribution >= 0.6 is 0 Å². The highest BCUT2D eigenvalue weighted by atomic mass is 16.1. The Morgan fingerprint density at radius 2 is 2.27 bits per heavy atom. The highest BCUT2D eigenvalue weighted by Gasteiger charge is 2.40. The van der Waals surface area contributed by atoms with Crippen molar-refractivity contribution in [3.63, 3.8) is 0 Å². The maximum absolute atomic E-state index is 12.6. The Morgan fingerprint density at radius 3 is 3.03 bits per heavy atom. The highest BCUT2D eigenvalue weighted by Crippen LogP contribution is 2.45. The normalized spacial score (nSPS) is 24.4. The number of hydrogen-bond acceptors (Lipinski definition) is 4. The summed E-state index contributed by atoms with van der Waals surface area (Å²) in [5.74, 6) is 0.133. The van der Waals surface area contributed by atoms with Crippen LogP contribution in [0.15, 0.2) is 24.4 Å². The minimum Gasteiger partial charge on any atom is -0.361 e. The fourth-order valence-corrected chi connectivity index (χ4v) is 5.51. The Morgan fingerprint density at radius 1 is 1.43 bits per heavy atom. The first-order valence-electron chi connectivity index (χ1n) is 11.1. The third kappa shape index (κ3) is 4.10. The molecule has 1 aromatic carbocycles. The Labute approximate surface area is 179 Å². The summed E-state index contributed by atoms with van der Waals surface area (Å²) in [6, 6.07) is 9.33. The van der Waals surface area contributed by atoms with Gasteiger partial charge in [-0.2, -0.15) is 5.26 Å². The number of aromatic nitrogens is 1. The van der Waals surface area contributed by atoms with Crippen LogP contribution in [-0.2, 0) is 11.2 Å². The number of carbonyl (C=O) groups is 1. The van der Waals surface area contributed by atoms with Crippen molar-refractivity contribution in [3.8, 4) is 6.07 Å². The van der Waals surface area contributed by atoms with E-state index in [0.29, 0.717) is 30.8 Å². The van der Waals surface area contributed by atoms with Gasteiger partial charge < -0.3 is 20.1 Å².